The zero-order valence-corrected chi connectivity index (χ0v) is 17.7. The van der Waals surface area contributed by atoms with Crippen molar-refractivity contribution in [1.29, 1.82) is 0 Å². The fraction of sp³-hybridized carbons (Fsp3) is 0.286. The van der Waals surface area contributed by atoms with Crippen LogP contribution in [0.3, 0.4) is 0 Å². The molecule has 0 saturated heterocycles. The van der Waals surface area contributed by atoms with E-state index in [0.717, 1.165) is 10.4 Å². The summed E-state index contributed by atoms with van der Waals surface area (Å²) in [4.78, 5) is 34.1. The highest BCUT2D eigenvalue weighted by molar-refractivity contribution is 7.18. The van der Waals surface area contributed by atoms with Crippen LogP contribution in [0.25, 0.3) is 21.9 Å². The van der Waals surface area contributed by atoms with Crippen molar-refractivity contribution in [3.8, 4) is 11.5 Å². The molecule has 1 aromatic carbocycles. The molecule has 0 atom stereocenters. The zero-order chi connectivity index (χ0) is 21.1. The van der Waals surface area contributed by atoms with Crippen molar-refractivity contribution in [2.45, 2.75) is 20.8 Å². The summed E-state index contributed by atoms with van der Waals surface area (Å²) in [6.45, 7) is 5.74. The van der Waals surface area contributed by atoms with Crippen LogP contribution in [0.4, 0.5) is 0 Å². The summed E-state index contributed by atoms with van der Waals surface area (Å²) in [5.74, 6) is 0.678. The summed E-state index contributed by atoms with van der Waals surface area (Å²) in [6, 6.07) is 5.24. The van der Waals surface area contributed by atoms with Gasteiger partial charge in [-0.05, 0) is 50.1 Å². The van der Waals surface area contributed by atoms with E-state index >= 15 is 0 Å². The van der Waals surface area contributed by atoms with E-state index in [0.29, 0.717) is 27.3 Å². The summed E-state index contributed by atoms with van der Waals surface area (Å²) >= 11 is 1.42. The van der Waals surface area contributed by atoms with Crippen molar-refractivity contribution in [1.82, 2.24) is 9.97 Å². The van der Waals surface area contributed by atoms with Gasteiger partial charge in [-0.1, -0.05) is 6.07 Å². The largest absolute Gasteiger partial charge is 0.493 e. The zero-order valence-electron chi connectivity index (χ0n) is 16.9. The van der Waals surface area contributed by atoms with Crippen molar-refractivity contribution >= 4 is 39.2 Å². The molecular formula is C21H22N2O5S. The van der Waals surface area contributed by atoms with E-state index in [4.69, 9.17) is 14.2 Å². The molecule has 8 heteroatoms. The molecule has 0 saturated carbocycles. The lowest BCUT2D eigenvalue weighted by Crippen LogP contribution is -2.15. The highest BCUT2D eigenvalue weighted by Gasteiger charge is 2.20. The first-order valence-corrected chi connectivity index (χ1v) is 9.82. The predicted octanol–water partition coefficient (Wildman–Crippen LogP) is 3.72. The number of hydrogen-bond acceptors (Lipinski definition) is 7. The average molecular weight is 414 g/mol. The van der Waals surface area contributed by atoms with Gasteiger partial charge in [0.05, 0.1) is 26.2 Å². The topological polar surface area (TPSA) is 90.5 Å². The molecule has 0 aliphatic carbocycles. The maximum Gasteiger partial charge on any atom is 0.341 e. The fourth-order valence-corrected chi connectivity index (χ4v) is 3.95. The molecule has 0 bridgehead atoms. The number of nitrogens with one attached hydrogen (secondary N) is 1. The minimum Gasteiger partial charge on any atom is -0.493 e. The normalized spacial score (nSPS) is 11.6. The molecule has 0 aliphatic heterocycles. The Kier molecular flexibility index (Phi) is 6.03. The van der Waals surface area contributed by atoms with Crippen LogP contribution >= 0.6 is 11.3 Å². The van der Waals surface area contributed by atoms with Gasteiger partial charge in [0.15, 0.2) is 11.5 Å². The third-order valence-electron chi connectivity index (χ3n) is 4.51. The number of fused-ring (bicyclic) bond motifs is 1. The van der Waals surface area contributed by atoms with E-state index < -0.39 is 5.97 Å². The van der Waals surface area contributed by atoms with Crippen LogP contribution in [0.15, 0.2) is 23.0 Å². The Bertz CT molecular complexity index is 1160. The molecule has 3 rings (SSSR count). The lowest BCUT2D eigenvalue weighted by molar-refractivity contribution is -0.136. The minimum absolute atomic E-state index is 0.154. The molecular weight excluding hydrogens is 392 g/mol. The summed E-state index contributed by atoms with van der Waals surface area (Å²) in [5, 5.41) is 0.547. The lowest BCUT2D eigenvalue weighted by Gasteiger charge is -2.10. The second kappa shape index (κ2) is 8.48. The van der Waals surface area contributed by atoms with Crippen LogP contribution < -0.4 is 15.0 Å². The first-order chi connectivity index (χ1) is 13.9. The van der Waals surface area contributed by atoms with Gasteiger partial charge in [0.1, 0.15) is 16.2 Å². The number of benzene rings is 1. The monoisotopic (exact) mass is 414 g/mol. The maximum absolute atomic E-state index is 12.7. The van der Waals surface area contributed by atoms with Crippen molar-refractivity contribution < 1.29 is 19.0 Å². The smallest absolute Gasteiger partial charge is 0.341 e. The minimum atomic E-state index is -0.574. The second-order valence-electron chi connectivity index (χ2n) is 6.27. The Balaban J connectivity index is 2.18. The number of rotatable bonds is 6. The first kappa shape index (κ1) is 20.6. The fourth-order valence-electron chi connectivity index (χ4n) is 2.92. The first-order valence-electron chi connectivity index (χ1n) is 9.00. The number of H-pyrrole nitrogens is 1. The number of methoxy groups -OCH3 is 2. The van der Waals surface area contributed by atoms with Gasteiger partial charge in [-0.25, -0.2) is 9.78 Å². The van der Waals surface area contributed by atoms with Gasteiger partial charge < -0.3 is 19.2 Å². The summed E-state index contributed by atoms with van der Waals surface area (Å²) < 4.78 is 15.8. The molecule has 7 nitrogen and oxygen atoms in total. The molecule has 0 fully saturated rings. The van der Waals surface area contributed by atoms with Crippen molar-refractivity contribution in [2.75, 3.05) is 20.8 Å². The molecule has 0 aliphatic rings. The molecule has 0 unspecified atom stereocenters. The highest BCUT2D eigenvalue weighted by atomic mass is 32.1. The maximum atomic E-state index is 12.7. The van der Waals surface area contributed by atoms with Gasteiger partial charge in [-0.15, -0.1) is 11.3 Å². The average Bonchev–Trinajstić information content (AvgIpc) is 3.00. The predicted molar refractivity (Wildman–Crippen MR) is 114 cm³/mol. The summed E-state index contributed by atoms with van der Waals surface area (Å²) in [5.41, 5.74) is 1.44. The van der Waals surface area contributed by atoms with Gasteiger partial charge in [-0.3, -0.25) is 4.79 Å². The van der Waals surface area contributed by atoms with E-state index in [1.165, 1.54) is 18.4 Å². The van der Waals surface area contributed by atoms with E-state index in [-0.39, 0.29) is 23.6 Å². The number of carbonyl (C=O) groups excluding carboxylic acids is 1. The molecule has 2 aromatic heterocycles. The van der Waals surface area contributed by atoms with E-state index in [1.807, 2.05) is 13.8 Å². The number of aromatic amines is 1. The van der Waals surface area contributed by atoms with Crippen LogP contribution in [0.5, 0.6) is 11.5 Å². The van der Waals surface area contributed by atoms with Crippen molar-refractivity contribution in [2.24, 2.45) is 0 Å². The van der Waals surface area contributed by atoms with Gasteiger partial charge in [0, 0.05) is 4.88 Å². The number of hydrogen-bond donors (Lipinski definition) is 1. The van der Waals surface area contributed by atoms with Crippen LogP contribution in [0, 0.1) is 13.8 Å². The van der Waals surface area contributed by atoms with Crippen LogP contribution in [-0.2, 0) is 9.53 Å². The van der Waals surface area contributed by atoms with Crippen molar-refractivity contribution in [3.63, 3.8) is 0 Å². The Morgan fingerprint density at radius 1 is 1.21 bits per heavy atom. The molecule has 0 spiro atoms. The third kappa shape index (κ3) is 4.02. The summed E-state index contributed by atoms with van der Waals surface area (Å²) in [7, 11) is 3.08. The Labute approximate surface area is 172 Å². The number of carbonyl (C=O) groups is 1. The Morgan fingerprint density at radius 3 is 2.59 bits per heavy atom. The van der Waals surface area contributed by atoms with Crippen LogP contribution in [-0.4, -0.2) is 36.8 Å². The molecule has 0 radical (unpaired) electrons. The molecule has 2 heterocycles. The molecule has 0 amide bonds. The third-order valence-corrected chi connectivity index (χ3v) is 5.61. The van der Waals surface area contributed by atoms with Crippen LogP contribution in [0.2, 0.25) is 0 Å². The van der Waals surface area contributed by atoms with E-state index in [2.05, 4.69) is 9.97 Å². The van der Waals surface area contributed by atoms with Crippen LogP contribution in [0.1, 0.15) is 28.8 Å². The van der Waals surface area contributed by atoms with Crippen molar-refractivity contribution in [3.05, 3.63) is 50.4 Å². The Morgan fingerprint density at radius 2 is 1.93 bits per heavy atom. The van der Waals surface area contributed by atoms with Gasteiger partial charge in [0.25, 0.3) is 5.56 Å². The lowest BCUT2D eigenvalue weighted by atomic mass is 10.1. The van der Waals surface area contributed by atoms with Gasteiger partial charge >= 0.3 is 5.97 Å². The molecule has 29 heavy (non-hydrogen) atoms. The van der Waals surface area contributed by atoms with E-state index in [9.17, 15) is 9.59 Å². The SMILES string of the molecule is CCOC(=O)/C(=C\c1ccc(OC)c(OC)c1)c1nc2sc(C)c(C)c2c(=O)[nH]1. The van der Waals surface area contributed by atoms with Gasteiger partial charge in [-0.2, -0.15) is 0 Å². The highest BCUT2D eigenvalue weighted by Crippen LogP contribution is 2.30. The van der Waals surface area contributed by atoms with Gasteiger partial charge in [0.2, 0.25) is 0 Å². The standard InChI is InChI=1S/C21H22N2O5S/c1-6-28-21(25)14(9-13-7-8-15(26-4)16(10-13)27-5)18-22-19(24)17-11(2)12(3)29-20(17)23-18/h7-10H,6H2,1-5H3,(H,22,23,24)/b14-9-. The Hall–Kier alpha value is -3.13. The quantitative estimate of drug-likeness (QED) is 0.488. The molecule has 3 aromatic rings. The number of nitrogens with zero attached hydrogens (tertiary/aromatic N) is 1. The number of ether oxygens (including phenoxy) is 3. The summed E-state index contributed by atoms with van der Waals surface area (Å²) in [6.07, 6.45) is 1.61. The number of aryl methyl sites for hydroxylation is 2. The number of thiophene rings is 1. The molecule has 1 N–H and O–H groups in total. The molecule has 152 valence electrons. The number of aromatic nitrogens is 2. The second-order valence-corrected chi connectivity index (χ2v) is 7.47. The van der Waals surface area contributed by atoms with E-state index in [1.54, 1.807) is 38.3 Å². The number of esters is 1.